The number of halogens is 2. The fraction of sp³-hybridized carbons (Fsp3) is 0.0625. The van der Waals surface area contributed by atoms with Crippen molar-refractivity contribution in [3.8, 4) is 11.3 Å². The topological polar surface area (TPSA) is 71.1 Å². The quantitative estimate of drug-likeness (QED) is 0.604. The molecule has 3 rings (SSSR count). The lowest BCUT2D eigenvalue weighted by Crippen LogP contribution is -2.12. The lowest BCUT2D eigenvalue weighted by molar-refractivity contribution is -0.114. The molecular weight excluding hydrogens is 401 g/mol. The molecule has 2 amide bonds. The average molecular weight is 412 g/mol. The van der Waals surface area contributed by atoms with Crippen molar-refractivity contribution < 1.29 is 9.59 Å². The Kier molecular flexibility index (Phi) is 5.39. The van der Waals surface area contributed by atoms with Gasteiger partial charge in [-0.05, 0) is 30.3 Å². The predicted molar refractivity (Wildman–Crippen MR) is 104 cm³/mol. The predicted octanol–water partition coefficient (Wildman–Crippen LogP) is 5.39. The lowest BCUT2D eigenvalue weighted by atomic mass is 10.2. The van der Waals surface area contributed by atoms with Crippen LogP contribution in [0.25, 0.3) is 11.3 Å². The molecule has 2 N–H and O–H groups in total. The van der Waals surface area contributed by atoms with E-state index >= 15 is 0 Å². The van der Waals surface area contributed by atoms with Crippen LogP contribution in [0.4, 0.5) is 10.8 Å². The first-order chi connectivity index (χ1) is 11.9. The summed E-state index contributed by atoms with van der Waals surface area (Å²) in [7, 11) is 0. The highest BCUT2D eigenvalue weighted by atomic mass is 35.5. The van der Waals surface area contributed by atoms with Gasteiger partial charge >= 0.3 is 0 Å². The zero-order valence-electron chi connectivity index (χ0n) is 12.8. The Labute approximate surface area is 161 Å². The fourth-order valence-corrected chi connectivity index (χ4v) is 4.23. The number of aromatic nitrogens is 1. The Morgan fingerprint density at radius 2 is 1.84 bits per heavy atom. The number of thiazole rings is 1. The van der Waals surface area contributed by atoms with Gasteiger partial charge in [0, 0.05) is 29.1 Å². The van der Waals surface area contributed by atoms with E-state index in [4.69, 9.17) is 23.2 Å². The molecule has 25 heavy (non-hydrogen) atoms. The van der Waals surface area contributed by atoms with Crippen LogP contribution in [0.15, 0.2) is 35.7 Å². The Morgan fingerprint density at radius 1 is 1.12 bits per heavy atom. The number of anilines is 2. The number of carbonyl (C=O) groups is 2. The maximum Gasteiger partial charge on any atom is 0.257 e. The summed E-state index contributed by atoms with van der Waals surface area (Å²) in [4.78, 5) is 27.7. The Bertz CT molecular complexity index is 935. The van der Waals surface area contributed by atoms with Crippen molar-refractivity contribution in [1.82, 2.24) is 4.98 Å². The van der Waals surface area contributed by atoms with Gasteiger partial charge in [0.2, 0.25) is 5.91 Å². The molecule has 0 saturated heterocycles. The van der Waals surface area contributed by atoms with Gasteiger partial charge in [0.25, 0.3) is 5.91 Å². The third-order valence-electron chi connectivity index (χ3n) is 3.12. The summed E-state index contributed by atoms with van der Waals surface area (Å²) in [5, 5.41) is 7.66. The molecule has 2 aromatic heterocycles. The van der Waals surface area contributed by atoms with Crippen molar-refractivity contribution >= 4 is 68.5 Å². The first-order valence-corrected chi connectivity index (χ1v) is 9.47. The van der Waals surface area contributed by atoms with E-state index in [0.717, 1.165) is 5.56 Å². The van der Waals surface area contributed by atoms with E-state index in [9.17, 15) is 9.59 Å². The first kappa shape index (κ1) is 17.9. The Balaban J connectivity index is 1.71. The highest BCUT2D eigenvalue weighted by molar-refractivity contribution is 7.20. The van der Waals surface area contributed by atoms with Crippen LogP contribution in [0.1, 0.15) is 17.3 Å². The molecule has 0 saturated carbocycles. The summed E-state index contributed by atoms with van der Waals surface area (Å²) in [6.07, 6.45) is 0. The van der Waals surface area contributed by atoms with E-state index in [1.807, 2.05) is 0 Å². The summed E-state index contributed by atoms with van der Waals surface area (Å²) >= 11 is 14.6. The van der Waals surface area contributed by atoms with Crippen molar-refractivity contribution in [3.63, 3.8) is 0 Å². The molecule has 0 unspecified atom stereocenters. The van der Waals surface area contributed by atoms with Gasteiger partial charge in [-0.25, -0.2) is 4.98 Å². The highest BCUT2D eigenvalue weighted by Crippen LogP contribution is 2.39. The molecule has 5 nitrogen and oxygen atoms in total. The molecule has 0 spiro atoms. The van der Waals surface area contributed by atoms with Crippen molar-refractivity contribution in [2.75, 3.05) is 10.6 Å². The minimum Gasteiger partial charge on any atom is -0.326 e. The zero-order valence-corrected chi connectivity index (χ0v) is 15.9. The van der Waals surface area contributed by atoms with E-state index in [0.29, 0.717) is 30.7 Å². The van der Waals surface area contributed by atoms with Crippen molar-refractivity contribution in [3.05, 3.63) is 49.9 Å². The summed E-state index contributed by atoms with van der Waals surface area (Å²) in [6.45, 7) is 1.42. The van der Waals surface area contributed by atoms with E-state index in [1.54, 1.807) is 35.7 Å². The summed E-state index contributed by atoms with van der Waals surface area (Å²) in [5.41, 5.74) is 2.49. The Hall–Kier alpha value is -1.93. The smallest absolute Gasteiger partial charge is 0.257 e. The third kappa shape index (κ3) is 4.38. The first-order valence-electron chi connectivity index (χ1n) is 7.02. The molecule has 0 atom stereocenters. The Morgan fingerprint density at radius 3 is 2.44 bits per heavy atom. The second-order valence-corrected chi connectivity index (χ2v) is 8.13. The number of rotatable bonds is 4. The highest BCUT2D eigenvalue weighted by Gasteiger charge is 2.14. The van der Waals surface area contributed by atoms with Crippen LogP contribution in [0.5, 0.6) is 0 Å². The van der Waals surface area contributed by atoms with Gasteiger partial charge in [-0.15, -0.1) is 22.7 Å². The number of benzene rings is 1. The van der Waals surface area contributed by atoms with Crippen LogP contribution in [-0.4, -0.2) is 16.8 Å². The van der Waals surface area contributed by atoms with Gasteiger partial charge in [-0.1, -0.05) is 23.2 Å². The van der Waals surface area contributed by atoms with Gasteiger partial charge in [-0.2, -0.15) is 0 Å². The van der Waals surface area contributed by atoms with Crippen LogP contribution in [0.2, 0.25) is 8.67 Å². The zero-order chi connectivity index (χ0) is 18.0. The number of carbonyl (C=O) groups excluding carboxylic acids is 2. The summed E-state index contributed by atoms with van der Waals surface area (Å²) < 4.78 is 1.14. The van der Waals surface area contributed by atoms with Gasteiger partial charge in [0.15, 0.2) is 5.13 Å². The molecule has 0 aliphatic heterocycles. The van der Waals surface area contributed by atoms with Gasteiger partial charge in [0.05, 0.1) is 10.0 Å². The van der Waals surface area contributed by atoms with Gasteiger partial charge in [0.1, 0.15) is 4.34 Å². The van der Waals surface area contributed by atoms with Crippen molar-refractivity contribution in [2.45, 2.75) is 6.92 Å². The number of hydrogen-bond acceptors (Lipinski definition) is 5. The normalized spacial score (nSPS) is 10.5. The standard InChI is InChI=1S/C16H11Cl2N3O2S2/c1-8(22)19-10-4-2-9(3-5-10)15(23)21-16-20-12(7-24-16)11-6-13(17)25-14(11)18/h2-7H,1H3,(H,19,22)(H,20,21,23). The molecule has 3 aromatic rings. The number of nitrogens with zero attached hydrogens (tertiary/aromatic N) is 1. The van der Waals surface area contributed by atoms with E-state index < -0.39 is 0 Å². The molecule has 0 fully saturated rings. The number of nitrogens with one attached hydrogen (secondary N) is 2. The molecule has 1 aromatic carbocycles. The maximum absolute atomic E-state index is 12.3. The van der Waals surface area contributed by atoms with E-state index in [1.165, 1.54) is 29.6 Å². The lowest BCUT2D eigenvalue weighted by Gasteiger charge is -2.04. The molecule has 9 heteroatoms. The third-order valence-corrected chi connectivity index (χ3v) is 5.37. The van der Waals surface area contributed by atoms with Crippen LogP contribution >= 0.6 is 45.9 Å². The number of amides is 2. The van der Waals surface area contributed by atoms with E-state index in [2.05, 4.69) is 15.6 Å². The molecule has 0 radical (unpaired) electrons. The van der Waals surface area contributed by atoms with Crippen molar-refractivity contribution in [1.29, 1.82) is 0 Å². The van der Waals surface area contributed by atoms with Crippen LogP contribution in [0.3, 0.4) is 0 Å². The monoisotopic (exact) mass is 411 g/mol. The molecule has 128 valence electrons. The SMILES string of the molecule is CC(=O)Nc1ccc(C(=O)Nc2nc(-c3cc(Cl)sc3Cl)cs2)cc1. The fourth-order valence-electron chi connectivity index (χ4n) is 2.05. The van der Waals surface area contributed by atoms with Gasteiger partial charge < -0.3 is 5.32 Å². The second-order valence-electron chi connectivity index (χ2n) is 4.99. The minimum absolute atomic E-state index is 0.167. The van der Waals surface area contributed by atoms with Crippen molar-refractivity contribution in [2.24, 2.45) is 0 Å². The van der Waals surface area contributed by atoms with Crippen LogP contribution in [0, 0.1) is 0 Å². The number of thiophene rings is 1. The van der Waals surface area contributed by atoms with Crippen LogP contribution < -0.4 is 10.6 Å². The van der Waals surface area contributed by atoms with E-state index in [-0.39, 0.29) is 11.8 Å². The minimum atomic E-state index is -0.287. The average Bonchev–Trinajstić information content (AvgIpc) is 3.13. The molecule has 0 aliphatic rings. The molecule has 2 heterocycles. The largest absolute Gasteiger partial charge is 0.326 e. The van der Waals surface area contributed by atoms with Crippen LogP contribution in [-0.2, 0) is 4.79 Å². The molecular formula is C16H11Cl2N3O2S2. The number of hydrogen-bond donors (Lipinski definition) is 2. The van der Waals surface area contributed by atoms with Gasteiger partial charge in [-0.3, -0.25) is 14.9 Å². The summed E-state index contributed by atoms with van der Waals surface area (Å²) in [5.74, 6) is -0.454. The maximum atomic E-state index is 12.3. The second kappa shape index (κ2) is 7.53. The molecule has 0 bridgehead atoms. The summed E-state index contributed by atoms with van der Waals surface area (Å²) in [6, 6.07) is 8.33. The molecule has 0 aliphatic carbocycles.